The van der Waals surface area contributed by atoms with Crippen LogP contribution in [0.2, 0.25) is 0 Å². The summed E-state index contributed by atoms with van der Waals surface area (Å²) in [6, 6.07) is 0. The summed E-state index contributed by atoms with van der Waals surface area (Å²) < 4.78 is 0. The minimum Gasteiger partial charge on any atom is -0.478 e. The van der Waals surface area contributed by atoms with Crippen molar-refractivity contribution in [3.8, 4) is 0 Å². The Morgan fingerprint density at radius 1 is 1.43 bits per heavy atom. The zero-order valence-electron chi connectivity index (χ0n) is 8.11. The second-order valence-electron chi connectivity index (χ2n) is 3.39. The van der Waals surface area contributed by atoms with Crippen LogP contribution in [0.3, 0.4) is 0 Å². The largest absolute Gasteiger partial charge is 0.478 e. The monoisotopic (exact) mass is 197 g/mol. The minimum atomic E-state index is -0.965. The summed E-state index contributed by atoms with van der Waals surface area (Å²) in [7, 11) is 0. The molecule has 0 unspecified atom stereocenters. The Hall–Kier alpha value is -1.32. The van der Waals surface area contributed by atoms with E-state index < -0.39 is 5.97 Å². The Morgan fingerprint density at radius 3 is 2.93 bits per heavy atom. The lowest BCUT2D eigenvalue weighted by atomic mass is 10.2. The van der Waals surface area contributed by atoms with Gasteiger partial charge in [-0.25, -0.2) is 4.79 Å². The van der Waals surface area contributed by atoms with Crippen LogP contribution in [-0.2, 0) is 9.59 Å². The van der Waals surface area contributed by atoms with Crippen molar-refractivity contribution in [2.75, 3.05) is 13.1 Å². The Balaban J connectivity index is 2.41. The first-order valence-corrected chi connectivity index (χ1v) is 4.87. The van der Waals surface area contributed by atoms with Crippen LogP contribution < -0.4 is 0 Å². The topological polar surface area (TPSA) is 57.6 Å². The van der Waals surface area contributed by atoms with Crippen molar-refractivity contribution < 1.29 is 14.7 Å². The van der Waals surface area contributed by atoms with Gasteiger partial charge >= 0.3 is 5.97 Å². The van der Waals surface area contributed by atoms with Gasteiger partial charge in [-0.3, -0.25) is 4.79 Å². The van der Waals surface area contributed by atoms with Crippen molar-refractivity contribution in [2.24, 2.45) is 0 Å². The molecular weight excluding hydrogens is 182 g/mol. The Kier molecular flexibility index (Phi) is 4.16. The second-order valence-corrected chi connectivity index (χ2v) is 3.39. The van der Waals surface area contributed by atoms with E-state index in [4.69, 9.17) is 5.11 Å². The van der Waals surface area contributed by atoms with Gasteiger partial charge in [-0.05, 0) is 12.8 Å². The molecule has 1 saturated heterocycles. The highest BCUT2D eigenvalue weighted by atomic mass is 16.4. The molecule has 1 aliphatic heterocycles. The maximum absolute atomic E-state index is 11.4. The summed E-state index contributed by atoms with van der Waals surface area (Å²) in [6.45, 7) is 1.17. The lowest BCUT2D eigenvalue weighted by Crippen LogP contribution is -2.30. The van der Waals surface area contributed by atoms with Crippen LogP contribution in [0, 0.1) is 0 Å². The van der Waals surface area contributed by atoms with Crippen molar-refractivity contribution in [1.29, 1.82) is 0 Å². The van der Waals surface area contributed by atoms with Crippen LogP contribution in [0.15, 0.2) is 12.2 Å². The number of aliphatic carboxylic acids is 1. The number of carbonyl (C=O) groups excluding carboxylic acids is 1. The third kappa shape index (κ3) is 3.60. The van der Waals surface area contributed by atoms with Crippen LogP contribution in [0.5, 0.6) is 0 Å². The summed E-state index contributed by atoms with van der Waals surface area (Å²) in [5.74, 6) is -0.829. The van der Waals surface area contributed by atoms with Crippen molar-refractivity contribution >= 4 is 11.9 Å². The first kappa shape index (κ1) is 10.8. The minimum absolute atomic E-state index is 0.137. The SMILES string of the molecule is O=C(O)/C=C/CN1CCCCCC1=O. The Bertz CT molecular complexity index is 248. The third-order valence-electron chi connectivity index (χ3n) is 2.26. The van der Waals surface area contributed by atoms with Gasteiger partial charge in [-0.2, -0.15) is 0 Å². The molecule has 0 aliphatic carbocycles. The highest BCUT2D eigenvalue weighted by molar-refractivity contribution is 5.80. The van der Waals surface area contributed by atoms with Gasteiger partial charge in [0.1, 0.15) is 0 Å². The highest BCUT2D eigenvalue weighted by Gasteiger charge is 2.14. The fourth-order valence-electron chi connectivity index (χ4n) is 1.51. The molecule has 14 heavy (non-hydrogen) atoms. The number of carboxylic acids is 1. The number of likely N-dealkylation sites (tertiary alicyclic amines) is 1. The zero-order chi connectivity index (χ0) is 10.4. The molecule has 1 fully saturated rings. The Morgan fingerprint density at radius 2 is 2.21 bits per heavy atom. The van der Waals surface area contributed by atoms with Crippen LogP contribution >= 0.6 is 0 Å². The van der Waals surface area contributed by atoms with Gasteiger partial charge in [0.05, 0.1) is 0 Å². The quantitative estimate of drug-likeness (QED) is 0.687. The van der Waals surface area contributed by atoms with Gasteiger partial charge in [0.2, 0.25) is 5.91 Å². The van der Waals surface area contributed by atoms with E-state index in [1.54, 1.807) is 4.90 Å². The average molecular weight is 197 g/mol. The smallest absolute Gasteiger partial charge is 0.328 e. The van der Waals surface area contributed by atoms with E-state index in [9.17, 15) is 9.59 Å². The van der Waals surface area contributed by atoms with Crippen LogP contribution in [0.1, 0.15) is 25.7 Å². The van der Waals surface area contributed by atoms with E-state index in [1.165, 1.54) is 6.08 Å². The second kappa shape index (κ2) is 5.42. The zero-order valence-corrected chi connectivity index (χ0v) is 8.11. The number of carbonyl (C=O) groups is 2. The maximum atomic E-state index is 11.4. The first-order valence-electron chi connectivity index (χ1n) is 4.87. The number of hydrogen-bond donors (Lipinski definition) is 1. The van der Waals surface area contributed by atoms with E-state index in [0.717, 1.165) is 31.9 Å². The molecule has 0 bridgehead atoms. The summed E-state index contributed by atoms with van der Waals surface area (Å²) in [5.41, 5.74) is 0. The molecule has 1 aliphatic rings. The molecule has 1 heterocycles. The van der Waals surface area contributed by atoms with Gasteiger partial charge in [0.15, 0.2) is 0 Å². The normalized spacial score (nSPS) is 18.6. The van der Waals surface area contributed by atoms with Crippen LogP contribution in [0.4, 0.5) is 0 Å². The molecule has 0 saturated carbocycles. The van der Waals surface area contributed by atoms with Crippen molar-refractivity contribution in [3.05, 3.63) is 12.2 Å². The molecular formula is C10H15NO3. The van der Waals surface area contributed by atoms with E-state index in [-0.39, 0.29) is 5.91 Å². The van der Waals surface area contributed by atoms with Gasteiger partial charge in [0.25, 0.3) is 0 Å². The molecule has 0 aromatic rings. The van der Waals surface area contributed by atoms with Crippen LogP contribution in [0.25, 0.3) is 0 Å². The molecule has 1 amide bonds. The molecule has 4 nitrogen and oxygen atoms in total. The molecule has 0 aromatic heterocycles. The summed E-state index contributed by atoms with van der Waals surface area (Å²) in [5, 5.41) is 8.37. The molecule has 4 heteroatoms. The van der Waals surface area contributed by atoms with Crippen molar-refractivity contribution in [2.45, 2.75) is 25.7 Å². The van der Waals surface area contributed by atoms with Crippen molar-refractivity contribution in [3.63, 3.8) is 0 Å². The van der Waals surface area contributed by atoms with Crippen LogP contribution in [-0.4, -0.2) is 35.0 Å². The van der Waals surface area contributed by atoms with Gasteiger partial charge in [-0.1, -0.05) is 12.5 Å². The molecule has 1 rings (SSSR count). The summed E-state index contributed by atoms with van der Waals surface area (Å²) in [6.07, 6.45) is 6.26. The van der Waals surface area contributed by atoms with E-state index in [0.29, 0.717) is 13.0 Å². The fraction of sp³-hybridized carbons (Fsp3) is 0.600. The number of rotatable bonds is 3. The summed E-state index contributed by atoms with van der Waals surface area (Å²) in [4.78, 5) is 23.3. The molecule has 0 spiro atoms. The average Bonchev–Trinajstić information content (AvgIpc) is 2.31. The Labute approximate surface area is 83.2 Å². The molecule has 78 valence electrons. The lowest BCUT2D eigenvalue weighted by Gasteiger charge is -2.17. The van der Waals surface area contributed by atoms with E-state index >= 15 is 0 Å². The summed E-state index contributed by atoms with van der Waals surface area (Å²) >= 11 is 0. The standard InChI is InChI=1S/C10H15NO3/c12-9-5-2-1-3-7-11(9)8-4-6-10(13)14/h4,6H,1-3,5,7-8H2,(H,13,14)/b6-4+. The number of nitrogens with zero attached hydrogens (tertiary/aromatic N) is 1. The van der Waals surface area contributed by atoms with Gasteiger partial charge in [-0.15, -0.1) is 0 Å². The molecule has 1 N–H and O–H groups in total. The highest BCUT2D eigenvalue weighted by Crippen LogP contribution is 2.10. The third-order valence-corrected chi connectivity index (χ3v) is 2.26. The van der Waals surface area contributed by atoms with Gasteiger partial charge < -0.3 is 10.0 Å². The van der Waals surface area contributed by atoms with Crippen molar-refractivity contribution in [1.82, 2.24) is 4.90 Å². The van der Waals surface area contributed by atoms with E-state index in [2.05, 4.69) is 0 Å². The molecule has 0 atom stereocenters. The molecule has 0 aromatic carbocycles. The predicted octanol–water partition coefficient (Wildman–Crippen LogP) is 1.03. The van der Waals surface area contributed by atoms with E-state index in [1.807, 2.05) is 0 Å². The predicted molar refractivity (Wildman–Crippen MR) is 51.8 cm³/mol. The lowest BCUT2D eigenvalue weighted by molar-refractivity contribution is -0.132. The maximum Gasteiger partial charge on any atom is 0.328 e. The number of amides is 1. The first-order chi connectivity index (χ1) is 6.70. The van der Waals surface area contributed by atoms with Gasteiger partial charge in [0, 0.05) is 25.6 Å². The molecule has 0 radical (unpaired) electrons. The number of carboxylic acid groups (broad SMARTS) is 1. The number of hydrogen-bond acceptors (Lipinski definition) is 2. The fourth-order valence-corrected chi connectivity index (χ4v) is 1.51.